The molecule has 1 aliphatic rings. The smallest absolute Gasteiger partial charge is 0.173 e. The molecule has 156 valence electrons. The Morgan fingerprint density at radius 3 is 2.97 bits per heavy atom. The zero-order chi connectivity index (χ0) is 20.9. The Kier molecular flexibility index (Phi) is 4.97. The SMILES string of the molecule is CC1(C)[C@H](c2cc3c(Nc4ccc5scnc5c4F)ccnc3s2)CCN1CCO. The van der Waals surface area contributed by atoms with Gasteiger partial charge in [-0.3, -0.25) is 4.90 Å². The van der Waals surface area contributed by atoms with Crippen LogP contribution in [0.1, 0.15) is 31.1 Å². The van der Waals surface area contributed by atoms with Gasteiger partial charge < -0.3 is 10.4 Å². The predicted octanol–water partition coefficient (Wildman–Crippen LogP) is 5.35. The van der Waals surface area contributed by atoms with Crippen LogP contribution in [0, 0.1) is 5.82 Å². The molecule has 4 aromatic rings. The Morgan fingerprint density at radius 1 is 1.27 bits per heavy atom. The summed E-state index contributed by atoms with van der Waals surface area (Å²) in [4.78, 5) is 13.3. The first-order chi connectivity index (χ1) is 14.5. The molecule has 5 rings (SSSR count). The van der Waals surface area contributed by atoms with Gasteiger partial charge in [0.2, 0.25) is 0 Å². The molecule has 3 aromatic heterocycles. The van der Waals surface area contributed by atoms with Gasteiger partial charge in [-0.2, -0.15) is 0 Å². The number of halogens is 1. The van der Waals surface area contributed by atoms with Crippen molar-refractivity contribution in [3.63, 3.8) is 0 Å². The van der Waals surface area contributed by atoms with Crippen LogP contribution >= 0.6 is 22.7 Å². The van der Waals surface area contributed by atoms with Crippen LogP contribution in [-0.4, -0.2) is 45.2 Å². The molecule has 30 heavy (non-hydrogen) atoms. The molecule has 1 atom stereocenters. The highest BCUT2D eigenvalue weighted by Gasteiger charge is 2.42. The highest BCUT2D eigenvalue weighted by atomic mass is 32.1. The summed E-state index contributed by atoms with van der Waals surface area (Å²) < 4.78 is 15.7. The number of pyridine rings is 1. The third kappa shape index (κ3) is 3.19. The molecular weight excluding hydrogens is 419 g/mol. The van der Waals surface area contributed by atoms with Crippen LogP contribution in [0.3, 0.4) is 0 Å². The lowest BCUT2D eigenvalue weighted by molar-refractivity contribution is 0.127. The van der Waals surface area contributed by atoms with Gasteiger partial charge in [-0.25, -0.2) is 14.4 Å². The van der Waals surface area contributed by atoms with Crippen molar-refractivity contribution in [1.82, 2.24) is 14.9 Å². The Hall–Kier alpha value is -2.13. The van der Waals surface area contributed by atoms with Crippen LogP contribution < -0.4 is 5.32 Å². The van der Waals surface area contributed by atoms with E-state index < -0.39 is 0 Å². The van der Waals surface area contributed by atoms with Gasteiger partial charge in [0.05, 0.1) is 28.2 Å². The van der Waals surface area contributed by atoms with Crippen molar-refractivity contribution in [2.45, 2.75) is 31.7 Å². The largest absolute Gasteiger partial charge is 0.395 e. The highest BCUT2D eigenvalue weighted by molar-refractivity contribution is 7.18. The fourth-order valence-corrected chi connectivity index (χ4v) is 6.55. The van der Waals surface area contributed by atoms with Crippen LogP contribution in [0.2, 0.25) is 0 Å². The van der Waals surface area contributed by atoms with Gasteiger partial charge in [0.1, 0.15) is 10.3 Å². The van der Waals surface area contributed by atoms with Gasteiger partial charge in [-0.1, -0.05) is 0 Å². The number of benzene rings is 1. The number of likely N-dealkylation sites (tertiary alicyclic amines) is 1. The van der Waals surface area contributed by atoms with Crippen molar-refractivity contribution >= 4 is 54.5 Å². The minimum atomic E-state index is -0.328. The number of aliphatic hydroxyl groups is 1. The van der Waals surface area contributed by atoms with Gasteiger partial charge in [-0.05, 0) is 51.1 Å². The lowest BCUT2D eigenvalue weighted by Crippen LogP contribution is -2.42. The van der Waals surface area contributed by atoms with E-state index in [2.05, 4.69) is 40.1 Å². The number of thiazole rings is 1. The highest BCUT2D eigenvalue weighted by Crippen LogP contribution is 2.46. The number of rotatable bonds is 5. The van der Waals surface area contributed by atoms with E-state index in [0.717, 1.165) is 33.6 Å². The Balaban J connectivity index is 1.50. The van der Waals surface area contributed by atoms with E-state index in [1.165, 1.54) is 16.2 Å². The second-order valence-corrected chi connectivity index (χ2v) is 10.1. The molecule has 0 aliphatic carbocycles. The van der Waals surface area contributed by atoms with Crippen molar-refractivity contribution in [3.05, 3.63) is 46.7 Å². The first kappa shape index (κ1) is 19.8. The normalized spacial score (nSPS) is 19.1. The lowest BCUT2D eigenvalue weighted by atomic mass is 9.87. The Bertz CT molecular complexity index is 1220. The maximum Gasteiger partial charge on any atom is 0.173 e. The molecule has 1 aromatic carbocycles. The van der Waals surface area contributed by atoms with E-state index in [1.54, 1.807) is 29.1 Å². The van der Waals surface area contributed by atoms with Crippen molar-refractivity contribution < 1.29 is 9.50 Å². The molecule has 1 aliphatic heterocycles. The molecule has 5 nitrogen and oxygen atoms in total. The standard InChI is InChI=1S/C22H23FN4OS2/c1-22(2)14(6-8-27(22)9-10-28)18-11-13-15(5-7-24-21(13)30-18)26-16-3-4-17-20(19(16)23)25-12-29-17/h3-5,7,11-12,14,28H,6,8-10H2,1-2H3,(H,24,26)/t14-/m0/s1. The summed E-state index contributed by atoms with van der Waals surface area (Å²) in [5.41, 5.74) is 3.30. The molecule has 0 spiro atoms. The number of aromatic nitrogens is 2. The molecule has 8 heteroatoms. The van der Waals surface area contributed by atoms with E-state index in [9.17, 15) is 9.50 Å². The number of β-amino-alcohol motifs (C(OH)–C–C–N with tert-alkyl or cyclic N) is 1. The average Bonchev–Trinajstić information content (AvgIpc) is 3.42. The fourth-order valence-electron chi connectivity index (χ4n) is 4.54. The molecular formula is C22H23FN4OS2. The molecule has 0 amide bonds. The molecule has 0 saturated carbocycles. The second-order valence-electron chi connectivity index (χ2n) is 8.18. The summed E-state index contributed by atoms with van der Waals surface area (Å²) in [6, 6.07) is 7.75. The number of nitrogens with zero attached hydrogens (tertiary/aromatic N) is 3. The quantitative estimate of drug-likeness (QED) is 0.436. The number of hydrogen-bond donors (Lipinski definition) is 2. The first-order valence-corrected chi connectivity index (χ1v) is 11.7. The molecule has 2 N–H and O–H groups in total. The summed E-state index contributed by atoms with van der Waals surface area (Å²) >= 11 is 3.14. The first-order valence-electron chi connectivity index (χ1n) is 10.0. The third-order valence-corrected chi connectivity index (χ3v) is 8.18. The van der Waals surface area contributed by atoms with Gasteiger partial charge in [-0.15, -0.1) is 22.7 Å². The molecule has 1 saturated heterocycles. The number of fused-ring (bicyclic) bond motifs is 2. The fraction of sp³-hybridized carbons (Fsp3) is 0.364. The van der Waals surface area contributed by atoms with Crippen LogP contribution in [0.25, 0.3) is 20.4 Å². The predicted molar refractivity (Wildman–Crippen MR) is 123 cm³/mol. The van der Waals surface area contributed by atoms with Crippen molar-refractivity contribution in [2.24, 2.45) is 0 Å². The summed E-state index contributed by atoms with van der Waals surface area (Å²) in [5.74, 6) is 0.0462. The van der Waals surface area contributed by atoms with E-state index in [4.69, 9.17) is 0 Å². The summed E-state index contributed by atoms with van der Waals surface area (Å²) in [5, 5.41) is 13.7. The maximum absolute atomic E-state index is 14.9. The van der Waals surface area contributed by atoms with Crippen molar-refractivity contribution in [2.75, 3.05) is 25.0 Å². The van der Waals surface area contributed by atoms with Crippen molar-refractivity contribution in [1.29, 1.82) is 0 Å². The lowest BCUT2D eigenvalue weighted by Gasteiger charge is -2.35. The molecule has 4 heterocycles. The van der Waals surface area contributed by atoms with Crippen LogP contribution in [0.15, 0.2) is 36.0 Å². The van der Waals surface area contributed by atoms with Crippen LogP contribution in [0.4, 0.5) is 15.8 Å². The van der Waals surface area contributed by atoms with E-state index in [-0.39, 0.29) is 18.0 Å². The second kappa shape index (κ2) is 7.53. The summed E-state index contributed by atoms with van der Waals surface area (Å²) in [6.45, 7) is 6.33. The van der Waals surface area contributed by atoms with Crippen LogP contribution in [0.5, 0.6) is 0 Å². The third-order valence-electron chi connectivity index (χ3n) is 6.23. The Labute approximate surface area is 182 Å². The minimum absolute atomic E-state index is 0.0288. The monoisotopic (exact) mass is 442 g/mol. The van der Waals surface area contributed by atoms with E-state index in [0.29, 0.717) is 23.7 Å². The average molecular weight is 443 g/mol. The molecule has 0 bridgehead atoms. The topological polar surface area (TPSA) is 61.3 Å². The number of thiophene rings is 1. The molecule has 0 radical (unpaired) electrons. The number of hydrogen-bond acceptors (Lipinski definition) is 7. The minimum Gasteiger partial charge on any atom is -0.395 e. The molecule has 1 fully saturated rings. The van der Waals surface area contributed by atoms with E-state index >= 15 is 0 Å². The van der Waals surface area contributed by atoms with Gasteiger partial charge >= 0.3 is 0 Å². The van der Waals surface area contributed by atoms with Crippen LogP contribution in [-0.2, 0) is 0 Å². The van der Waals surface area contributed by atoms with Gasteiger partial charge in [0.15, 0.2) is 5.82 Å². The Morgan fingerprint density at radius 2 is 2.13 bits per heavy atom. The number of nitrogens with one attached hydrogen (secondary N) is 1. The number of anilines is 2. The summed E-state index contributed by atoms with van der Waals surface area (Å²) in [6.07, 6.45) is 2.82. The van der Waals surface area contributed by atoms with E-state index in [1.807, 2.05) is 12.1 Å². The maximum atomic E-state index is 14.9. The zero-order valence-electron chi connectivity index (χ0n) is 16.9. The number of aliphatic hydroxyl groups excluding tert-OH is 1. The van der Waals surface area contributed by atoms with Gasteiger partial charge in [0.25, 0.3) is 0 Å². The van der Waals surface area contributed by atoms with Crippen molar-refractivity contribution in [3.8, 4) is 0 Å². The molecule has 0 unspecified atom stereocenters. The van der Waals surface area contributed by atoms with Gasteiger partial charge in [0, 0.05) is 34.5 Å². The summed E-state index contributed by atoms with van der Waals surface area (Å²) in [7, 11) is 0. The zero-order valence-corrected chi connectivity index (χ0v) is 18.5.